The molecule has 28 heavy (non-hydrogen) atoms. The van der Waals surface area contributed by atoms with Crippen molar-refractivity contribution in [3.8, 4) is 5.75 Å². The molecule has 142 valence electrons. The molecule has 0 fully saturated rings. The van der Waals surface area contributed by atoms with Crippen LogP contribution >= 0.6 is 11.6 Å². The predicted octanol–water partition coefficient (Wildman–Crippen LogP) is 4.78. The van der Waals surface area contributed by atoms with E-state index >= 15 is 0 Å². The topological polar surface area (TPSA) is 46.6 Å². The SMILES string of the molecule is CN(C)C(=O)[C@@H](Oc1ccc(C(=O)c2ccc(Cl)cc2)cc1)c1ccccc1. The zero-order valence-electron chi connectivity index (χ0n) is 15.6. The van der Waals surface area contributed by atoms with Crippen LogP contribution in [0.1, 0.15) is 27.6 Å². The smallest absolute Gasteiger partial charge is 0.267 e. The van der Waals surface area contributed by atoms with Gasteiger partial charge >= 0.3 is 0 Å². The average molecular weight is 394 g/mol. The second-order valence-electron chi connectivity index (χ2n) is 6.50. The number of amides is 1. The molecule has 0 N–H and O–H groups in total. The van der Waals surface area contributed by atoms with Crippen molar-refractivity contribution in [2.24, 2.45) is 0 Å². The standard InChI is InChI=1S/C23H20ClNO3/c1-25(2)23(27)22(18-6-4-3-5-7-18)28-20-14-10-17(11-15-20)21(26)16-8-12-19(24)13-9-16/h3-15,22H,1-2H3/t22-/m0/s1. The van der Waals surface area contributed by atoms with Gasteiger partial charge < -0.3 is 9.64 Å². The Morgan fingerprint density at radius 1 is 0.821 bits per heavy atom. The predicted molar refractivity (Wildman–Crippen MR) is 110 cm³/mol. The van der Waals surface area contributed by atoms with Gasteiger partial charge in [0.25, 0.3) is 5.91 Å². The fraction of sp³-hybridized carbons (Fsp3) is 0.130. The van der Waals surface area contributed by atoms with Crippen LogP contribution in [0.5, 0.6) is 5.75 Å². The van der Waals surface area contributed by atoms with Gasteiger partial charge in [-0.25, -0.2) is 0 Å². The van der Waals surface area contributed by atoms with Gasteiger partial charge in [0.05, 0.1) is 0 Å². The summed E-state index contributed by atoms with van der Waals surface area (Å²) in [6, 6.07) is 22.8. The monoisotopic (exact) mass is 393 g/mol. The lowest BCUT2D eigenvalue weighted by Crippen LogP contribution is -2.31. The lowest BCUT2D eigenvalue weighted by atomic mass is 10.0. The maximum atomic E-state index is 12.6. The van der Waals surface area contributed by atoms with Crippen molar-refractivity contribution < 1.29 is 14.3 Å². The number of carbonyl (C=O) groups excluding carboxylic acids is 2. The molecular weight excluding hydrogens is 374 g/mol. The second-order valence-corrected chi connectivity index (χ2v) is 6.94. The molecule has 0 aliphatic rings. The number of likely N-dealkylation sites (N-methyl/N-ethyl adjacent to an activating group) is 1. The van der Waals surface area contributed by atoms with E-state index in [9.17, 15) is 9.59 Å². The highest BCUT2D eigenvalue weighted by Gasteiger charge is 2.24. The van der Waals surface area contributed by atoms with Crippen LogP contribution in [0, 0.1) is 0 Å². The summed E-state index contributed by atoms with van der Waals surface area (Å²) < 4.78 is 5.96. The summed E-state index contributed by atoms with van der Waals surface area (Å²) >= 11 is 5.87. The number of benzene rings is 3. The number of ether oxygens (including phenoxy) is 1. The van der Waals surface area contributed by atoms with Crippen molar-refractivity contribution in [2.45, 2.75) is 6.10 Å². The number of carbonyl (C=O) groups is 2. The maximum absolute atomic E-state index is 12.6. The van der Waals surface area contributed by atoms with E-state index in [1.807, 2.05) is 30.3 Å². The first-order valence-corrected chi connectivity index (χ1v) is 9.16. The largest absolute Gasteiger partial charge is 0.476 e. The van der Waals surface area contributed by atoms with Gasteiger partial charge in [0.15, 0.2) is 5.78 Å². The third-order valence-corrected chi connectivity index (χ3v) is 4.50. The molecule has 4 nitrogen and oxygen atoms in total. The maximum Gasteiger partial charge on any atom is 0.267 e. The minimum atomic E-state index is -0.756. The summed E-state index contributed by atoms with van der Waals surface area (Å²) in [4.78, 5) is 26.6. The Bertz CT molecular complexity index is 951. The Morgan fingerprint density at radius 2 is 1.36 bits per heavy atom. The van der Waals surface area contributed by atoms with E-state index < -0.39 is 6.10 Å². The van der Waals surface area contributed by atoms with Gasteiger partial charge in [-0.15, -0.1) is 0 Å². The van der Waals surface area contributed by atoms with Crippen LogP contribution in [0.3, 0.4) is 0 Å². The van der Waals surface area contributed by atoms with Crippen LogP contribution in [-0.4, -0.2) is 30.7 Å². The first-order valence-electron chi connectivity index (χ1n) is 8.79. The Kier molecular flexibility index (Phi) is 6.12. The molecule has 0 aliphatic heterocycles. The zero-order chi connectivity index (χ0) is 20.1. The van der Waals surface area contributed by atoms with Crippen molar-refractivity contribution in [1.82, 2.24) is 4.90 Å². The van der Waals surface area contributed by atoms with Crippen LogP contribution < -0.4 is 4.74 Å². The molecule has 0 bridgehead atoms. The summed E-state index contributed by atoms with van der Waals surface area (Å²) in [7, 11) is 3.38. The molecule has 0 radical (unpaired) electrons. The second kappa shape index (κ2) is 8.72. The van der Waals surface area contributed by atoms with Gasteiger partial charge in [0, 0.05) is 35.8 Å². The molecule has 3 rings (SSSR count). The van der Waals surface area contributed by atoms with E-state index in [0.717, 1.165) is 5.56 Å². The molecule has 0 aliphatic carbocycles. The van der Waals surface area contributed by atoms with Gasteiger partial charge in [0.1, 0.15) is 5.75 Å². The highest BCUT2D eigenvalue weighted by atomic mass is 35.5. The van der Waals surface area contributed by atoms with E-state index in [2.05, 4.69) is 0 Å². The normalized spacial score (nSPS) is 11.5. The van der Waals surface area contributed by atoms with Crippen LogP contribution in [0.2, 0.25) is 5.02 Å². The summed E-state index contributed by atoms with van der Waals surface area (Å²) in [5, 5.41) is 0.581. The zero-order valence-corrected chi connectivity index (χ0v) is 16.4. The number of nitrogens with zero attached hydrogens (tertiary/aromatic N) is 1. The lowest BCUT2D eigenvalue weighted by molar-refractivity contribution is -0.136. The van der Waals surface area contributed by atoms with Crippen molar-refractivity contribution in [2.75, 3.05) is 14.1 Å². The van der Waals surface area contributed by atoms with Crippen molar-refractivity contribution in [1.29, 1.82) is 0 Å². The number of hydrogen-bond donors (Lipinski definition) is 0. The van der Waals surface area contributed by atoms with E-state index in [1.165, 1.54) is 4.90 Å². The molecule has 3 aromatic carbocycles. The summed E-state index contributed by atoms with van der Waals surface area (Å²) in [5.41, 5.74) is 1.86. The molecule has 5 heteroatoms. The van der Waals surface area contributed by atoms with E-state index in [-0.39, 0.29) is 11.7 Å². The fourth-order valence-electron chi connectivity index (χ4n) is 2.71. The molecule has 0 heterocycles. The van der Waals surface area contributed by atoms with Gasteiger partial charge in [-0.3, -0.25) is 9.59 Å². The van der Waals surface area contributed by atoms with Crippen molar-refractivity contribution in [3.05, 3.63) is 101 Å². The molecular formula is C23H20ClNO3. The fourth-order valence-corrected chi connectivity index (χ4v) is 2.84. The van der Waals surface area contributed by atoms with Gasteiger partial charge in [0.2, 0.25) is 6.10 Å². The first kappa shape index (κ1) is 19.6. The van der Waals surface area contributed by atoms with E-state index in [4.69, 9.17) is 16.3 Å². The summed E-state index contributed by atoms with van der Waals surface area (Å²) in [5.74, 6) is 0.247. The molecule has 3 aromatic rings. The Morgan fingerprint density at radius 3 is 1.89 bits per heavy atom. The van der Waals surface area contributed by atoms with Gasteiger partial charge in [-0.05, 0) is 48.5 Å². The quantitative estimate of drug-likeness (QED) is 0.566. The van der Waals surface area contributed by atoms with Gasteiger partial charge in [-0.1, -0.05) is 41.9 Å². The molecule has 0 spiro atoms. The molecule has 1 amide bonds. The lowest BCUT2D eigenvalue weighted by Gasteiger charge is -2.22. The minimum absolute atomic E-state index is 0.104. The molecule has 0 saturated carbocycles. The van der Waals surface area contributed by atoms with Crippen molar-refractivity contribution >= 4 is 23.3 Å². The van der Waals surface area contributed by atoms with Gasteiger partial charge in [-0.2, -0.15) is 0 Å². The highest BCUT2D eigenvalue weighted by molar-refractivity contribution is 6.30. The third-order valence-electron chi connectivity index (χ3n) is 4.24. The van der Waals surface area contributed by atoms with Crippen LogP contribution in [0.4, 0.5) is 0 Å². The minimum Gasteiger partial charge on any atom is -0.476 e. The molecule has 0 saturated heterocycles. The average Bonchev–Trinajstić information content (AvgIpc) is 2.72. The van der Waals surface area contributed by atoms with Crippen LogP contribution in [0.15, 0.2) is 78.9 Å². The Labute approximate surface area is 169 Å². The van der Waals surface area contributed by atoms with Crippen molar-refractivity contribution in [3.63, 3.8) is 0 Å². The molecule has 0 aromatic heterocycles. The Hall–Kier alpha value is -3.11. The van der Waals surface area contributed by atoms with E-state index in [0.29, 0.717) is 21.9 Å². The molecule has 0 unspecified atom stereocenters. The number of ketones is 1. The Balaban J connectivity index is 1.80. The highest BCUT2D eigenvalue weighted by Crippen LogP contribution is 2.24. The number of hydrogen-bond acceptors (Lipinski definition) is 3. The number of rotatable bonds is 6. The van der Waals surface area contributed by atoms with E-state index in [1.54, 1.807) is 62.6 Å². The summed E-state index contributed by atoms with van der Waals surface area (Å²) in [6.45, 7) is 0. The number of halogens is 1. The first-order chi connectivity index (χ1) is 13.5. The van der Waals surface area contributed by atoms with Crippen LogP contribution in [0.25, 0.3) is 0 Å². The third kappa shape index (κ3) is 4.59. The molecule has 1 atom stereocenters. The summed E-state index contributed by atoms with van der Waals surface area (Å²) in [6.07, 6.45) is -0.756. The van der Waals surface area contributed by atoms with Crippen LogP contribution in [-0.2, 0) is 4.79 Å².